The molecule has 0 unspecified atom stereocenters. The highest BCUT2D eigenvalue weighted by Gasteiger charge is 2.17. The van der Waals surface area contributed by atoms with Crippen molar-refractivity contribution in [3.8, 4) is 23.0 Å². The van der Waals surface area contributed by atoms with Gasteiger partial charge in [0.2, 0.25) is 0 Å². The van der Waals surface area contributed by atoms with Gasteiger partial charge in [0.25, 0.3) is 11.8 Å². The highest BCUT2D eigenvalue weighted by Crippen LogP contribution is 2.30. The number of hydrogen-bond acceptors (Lipinski definition) is 8. The Morgan fingerprint density at radius 2 is 1.45 bits per heavy atom. The minimum atomic E-state index is -0.546. The second-order valence-electron chi connectivity index (χ2n) is 9.25. The Bertz CT molecular complexity index is 1670. The smallest absolute Gasteiger partial charge is 0.272 e. The average Bonchev–Trinajstić information content (AvgIpc) is 3.07. The molecule has 0 aliphatic heterocycles. The van der Waals surface area contributed by atoms with E-state index in [1.165, 1.54) is 39.2 Å². The normalized spacial score (nSPS) is 10.9. The Morgan fingerprint density at radius 1 is 0.705 bits per heavy atom. The molecular weight excluding hydrogens is 580 g/mol. The summed E-state index contributed by atoms with van der Waals surface area (Å²) in [5.74, 6) is 1.14. The van der Waals surface area contributed by atoms with Crippen LogP contribution in [0.5, 0.6) is 23.0 Å². The molecule has 44 heavy (non-hydrogen) atoms. The van der Waals surface area contributed by atoms with E-state index in [4.69, 9.17) is 18.9 Å². The molecule has 0 aromatic heterocycles. The minimum absolute atomic E-state index is 0.00371. The monoisotopic (exact) mass is 612 g/mol. The first-order valence-electron chi connectivity index (χ1n) is 13.4. The van der Waals surface area contributed by atoms with E-state index in [2.05, 4.69) is 10.6 Å². The Hall–Kier alpha value is -5.22. The molecule has 0 spiro atoms. The van der Waals surface area contributed by atoms with Gasteiger partial charge in [-0.3, -0.25) is 14.4 Å². The second-order valence-corrected chi connectivity index (χ2v) is 10.3. The molecule has 0 bridgehead atoms. The topological polar surface area (TPSA) is 112 Å². The van der Waals surface area contributed by atoms with E-state index in [0.717, 1.165) is 4.90 Å². The van der Waals surface area contributed by atoms with Crippen LogP contribution in [-0.2, 0) is 4.79 Å². The predicted molar refractivity (Wildman–Crippen MR) is 171 cm³/mol. The van der Waals surface area contributed by atoms with Crippen LogP contribution in [0, 0.1) is 0 Å². The van der Waals surface area contributed by atoms with E-state index in [1.54, 1.807) is 92.0 Å². The number of ether oxygens (including phenoxy) is 4. The van der Waals surface area contributed by atoms with Crippen LogP contribution in [0.4, 0.5) is 5.69 Å². The van der Waals surface area contributed by atoms with Gasteiger partial charge in [-0.15, -0.1) is 11.8 Å². The Labute approximate surface area is 260 Å². The van der Waals surface area contributed by atoms with Gasteiger partial charge in [-0.25, -0.2) is 0 Å². The molecule has 2 amide bonds. The van der Waals surface area contributed by atoms with Crippen molar-refractivity contribution in [2.45, 2.75) is 4.90 Å². The number of methoxy groups -OCH3 is 4. The van der Waals surface area contributed by atoms with Crippen LogP contribution >= 0.6 is 11.8 Å². The zero-order valence-corrected chi connectivity index (χ0v) is 25.5. The van der Waals surface area contributed by atoms with Crippen LogP contribution in [0.3, 0.4) is 0 Å². The molecule has 4 aromatic carbocycles. The fourth-order valence-corrected chi connectivity index (χ4v) is 4.99. The zero-order chi connectivity index (χ0) is 31.5. The molecule has 9 nitrogen and oxygen atoms in total. The molecule has 0 fully saturated rings. The van der Waals surface area contributed by atoms with Gasteiger partial charge < -0.3 is 29.6 Å². The first-order valence-corrected chi connectivity index (χ1v) is 14.4. The van der Waals surface area contributed by atoms with Gasteiger partial charge in [-0.05, 0) is 66.7 Å². The van der Waals surface area contributed by atoms with Gasteiger partial charge in [0.15, 0.2) is 17.3 Å². The van der Waals surface area contributed by atoms with Crippen molar-refractivity contribution in [3.05, 3.63) is 113 Å². The lowest BCUT2D eigenvalue weighted by molar-refractivity contribution is -0.113. The molecule has 0 aliphatic rings. The number of hydrogen-bond donors (Lipinski definition) is 2. The van der Waals surface area contributed by atoms with Crippen LogP contribution in [-0.4, -0.2) is 51.8 Å². The maximum Gasteiger partial charge on any atom is 0.272 e. The van der Waals surface area contributed by atoms with Crippen molar-refractivity contribution < 1.29 is 33.3 Å². The summed E-state index contributed by atoms with van der Waals surface area (Å²) in [5.41, 5.74) is 1.94. The number of carbonyl (C=O) groups excluding carboxylic acids is 3. The molecule has 0 atom stereocenters. The SMILES string of the molecule is COc1ccc(/C=C(\NC(=O)c2ccccc2)C(=O)Nc2cccc(SCC(=O)c3ccc(OC)c(OC)c3)c2)c(OC)c1. The molecule has 0 saturated carbocycles. The predicted octanol–water partition coefficient (Wildman–Crippen LogP) is 6.11. The fraction of sp³-hybridized carbons (Fsp3) is 0.147. The standard InChI is InChI=1S/C34H32N2O7S/c1-40-26-15-13-24(31(20-26)42-3)17-28(36-33(38)22-9-6-5-7-10-22)34(39)35-25-11-8-12-27(19-25)44-21-29(37)23-14-16-30(41-2)32(18-23)43-4/h5-20H,21H2,1-4H3,(H,35,39)(H,36,38)/b28-17-. The third-order valence-corrected chi connectivity index (χ3v) is 7.43. The van der Waals surface area contributed by atoms with Gasteiger partial charge in [-0.1, -0.05) is 24.3 Å². The number of rotatable bonds is 13. The highest BCUT2D eigenvalue weighted by molar-refractivity contribution is 8.00. The van der Waals surface area contributed by atoms with Crippen molar-refractivity contribution in [3.63, 3.8) is 0 Å². The van der Waals surface area contributed by atoms with Crippen LogP contribution < -0.4 is 29.6 Å². The maximum atomic E-state index is 13.5. The van der Waals surface area contributed by atoms with Crippen LogP contribution in [0.25, 0.3) is 6.08 Å². The van der Waals surface area contributed by atoms with Crippen molar-refractivity contribution >= 4 is 41.1 Å². The largest absolute Gasteiger partial charge is 0.497 e. The molecule has 10 heteroatoms. The number of thioether (sulfide) groups is 1. The van der Waals surface area contributed by atoms with E-state index < -0.39 is 11.8 Å². The van der Waals surface area contributed by atoms with Crippen molar-refractivity contribution in [1.82, 2.24) is 5.32 Å². The van der Waals surface area contributed by atoms with E-state index in [0.29, 0.717) is 45.4 Å². The van der Waals surface area contributed by atoms with E-state index >= 15 is 0 Å². The number of Topliss-reactive ketones (excluding diaryl/α,β-unsaturated/α-hetero) is 1. The van der Waals surface area contributed by atoms with Gasteiger partial charge in [0, 0.05) is 33.3 Å². The molecule has 0 heterocycles. The van der Waals surface area contributed by atoms with E-state index in [1.807, 2.05) is 6.07 Å². The highest BCUT2D eigenvalue weighted by atomic mass is 32.2. The van der Waals surface area contributed by atoms with Crippen LogP contribution in [0.1, 0.15) is 26.3 Å². The summed E-state index contributed by atoms with van der Waals surface area (Å²) in [5, 5.41) is 5.58. The molecular formula is C34H32N2O7S. The summed E-state index contributed by atoms with van der Waals surface area (Å²) >= 11 is 1.33. The number of amides is 2. The third-order valence-electron chi connectivity index (χ3n) is 6.44. The maximum absolute atomic E-state index is 13.5. The Balaban J connectivity index is 1.53. The van der Waals surface area contributed by atoms with E-state index in [-0.39, 0.29) is 17.2 Å². The summed E-state index contributed by atoms with van der Waals surface area (Å²) in [4.78, 5) is 40.2. The molecule has 226 valence electrons. The van der Waals surface area contributed by atoms with Gasteiger partial charge in [-0.2, -0.15) is 0 Å². The Kier molecular flexibility index (Phi) is 11.0. The zero-order valence-electron chi connectivity index (χ0n) is 24.7. The summed E-state index contributed by atoms with van der Waals surface area (Å²) < 4.78 is 21.3. The number of nitrogens with one attached hydrogen (secondary N) is 2. The molecule has 0 aliphatic carbocycles. The number of anilines is 1. The molecule has 0 saturated heterocycles. The molecule has 0 radical (unpaired) electrons. The summed E-state index contributed by atoms with van der Waals surface area (Å²) in [6.07, 6.45) is 1.54. The van der Waals surface area contributed by atoms with Crippen molar-refractivity contribution in [2.24, 2.45) is 0 Å². The minimum Gasteiger partial charge on any atom is -0.497 e. The summed E-state index contributed by atoms with van der Waals surface area (Å²) in [7, 11) is 6.10. The van der Waals surface area contributed by atoms with E-state index in [9.17, 15) is 14.4 Å². The summed E-state index contributed by atoms with van der Waals surface area (Å²) in [6.45, 7) is 0. The number of benzene rings is 4. The summed E-state index contributed by atoms with van der Waals surface area (Å²) in [6, 6.07) is 25.9. The van der Waals surface area contributed by atoms with Gasteiger partial charge in [0.05, 0.1) is 34.2 Å². The van der Waals surface area contributed by atoms with Crippen molar-refractivity contribution in [2.75, 3.05) is 39.5 Å². The molecule has 2 N–H and O–H groups in total. The van der Waals surface area contributed by atoms with Gasteiger partial charge in [0.1, 0.15) is 17.2 Å². The lowest BCUT2D eigenvalue weighted by Crippen LogP contribution is -2.30. The fourth-order valence-electron chi connectivity index (χ4n) is 4.14. The van der Waals surface area contributed by atoms with Crippen LogP contribution in [0.2, 0.25) is 0 Å². The molecule has 4 aromatic rings. The first-order chi connectivity index (χ1) is 21.3. The second kappa shape index (κ2) is 15.3. The quantitative estimate of drug-likeness (QED) is 0.106. The number of carbonyl (C=O) groups is 3. The first kappa shape index (κ1) is 31.7. The van der Waals surface area contributed by atoms with Crippen LogP contribution in [0.15, 0.2) is 102 Å². The Morgan fingerprint density at radius 3 is 2.16 bits per heavy atom. The number of ketones is 1. The third kappa shape index (κ3) is 8.20. The van der Waals surface area contributed by atoms with Crippen molar-refractivity contribution in [1.29, 1.82) is 0 Å². The molecule has 4 rings (SSSR count). The lowest BCUT2D eigenvalue weighted by Gasteiger charge is -2.13. The van der Waals surface area contributed by atoms with Gasteiger partial charge >= 0.3 is 0 Å². The average molecular weight is 613 g/mol. The lowest BCUT2D eigenvalue weighted by atomic mass is 10.1.